The third-order valence-electron chi connectivity index (χ3n) is 6.69. The topological polar surface area (TPSA) is 70.1 Å². The highest BCUT2D eigenvalue weighted by Gasteiger charge is 2.34. The number of imidazole rings is 2. The van der Waals surface area contributed by atoms with E-state index in [0.717, 1.165) is 79.4 Å². The van der Waals surface area contributed by atoms with E-state index in [0.29, 0.717) is 0 Å². The summed E-state index contributed by atoms with van der Waals surface area (Å²) in [6, 6.07) is 14.4. The number of likely N-dealkylation sites (tertiary alicyclic amines) is 1. The second-order valence-electron chi connectivity index (χ2n) is 8.80. The van der Waals surface area contributed by atoms with Gasteiger partial charge in [-0.1, -0.05) is 18.2 Å². The van der Waals surface area contributed by atoms with Gasteiger partial charge in [-0.05, 0) is 62.7 Å². The monoisotopic (exact) mass is 414 g/mol. The minimum absolute atomic E-state index is 0.0703. The summed E-state index contributed by atoms with van der Waals surface area (Å²) < 4.78 is 2.17. The Hall–Kier alpha value is -3.19. The average Bonchev–Trinajstić information content (AvgIpc) is 3.46. The fourth-order valence-corrected chi connectivity index (χ4v) is 5.02. The molecule has 31 heavy (non-hydrogen) atoms. The number of nitrogens with zero attached hydrogens (tertiary/aromatic N) is 5. The van der Waals surface area contributed by atoms with Crippen LogP contribution in [0.4, 0.5) is 5.95 Å². The van der Waals surface area contributed by atoms with Gasteiger partial charge in [0.05, 0.1) is 28.6 Å². The number of carbonyl (C=O) groups is 1. The number of rotatable bonds is 3. The molecule has 2 aromatic carbocycles. The first kappa shape index (κ1) is 18.6. The van der Waals surface area contributed by atoms with Gasteiger partial charge in [0.25, 0.3) is 0 Å². The maximum Gasteiger partial charge on any atom is 0.232 e. The number of piperidine rings is 1. The lowest BCUT2D eigenvalue weighted by Crippen LogP contribution is -2.42. The van der Waals surface area contributed by atoms with Crippen molar-refractivity contribution < 1.29 is 4.79 Å². The quantitative estimate of drug-likeness (QED) is 0.557. The zero-order chi connectivity index (χ0) is 20.9. The second-order valence-corrected chi connectivity index (χ2v) is 8.80. The Balaban J connectivity index is 1.12. The van der Waals surface area contributed by atoms with E-state index in [1.807, 2.05) is 23.1 Å². The molecule has 158 valence electrons. The molecule has 0 atom stereocenters. The summed E-state index contributed by atoms with van der Waals surface area (Å²) in [5, 5.41) is 0. The van der Waals surface area contributed by atoms with E-state index in [4.69, 9.17) is 9.97 Å². The van der Waals surface area contributed by atoms with Crippen molar-refractivity contribution in [3.63, 3.8) is 0 Å². The third kappa shape index (κ3) is 3.20. The minimum Gasteiger partial charge on any atom is -0.341 e. The normalized spacial score (nSPS) is 17.6. The highest BCUT2D eigenvalue weighted by atomic mass is 16.2. The Bertz CT molecular complexity index is 1280. The Morgan fingerprint density at radius 1 is 1.03 bits per heavy atom. The Kier molecular flexibility index (Phi) is 4.31. The predicted octanol–water partition coefficient (Wildman–Crippen LogP) is 3.48. The number of H-pyrrole nitrogens is 1. The average molecular weight is 415 g/mol. The van der Waals surface area contributed by atoms with Crippen LogP contribution in [-0.2, 0) is 17.9 Å². The van der Waals surface area contributed by atoms with Crippen LogP contribution in [0.25, 0.3) is 22.1 Å². The van der Waals surface area contributed by atoms with Gasteiger partial charge < -0.3 is 9.55 Å². The molecule has 0 unspecified atom stereocenters. The highest BCUT2D eigenvalue weighted by Crippen LogP contribution is 2.30. The second kappa shape index (κ2) is 7.20. The van der Waals surface area contributed by atoms with Gasteiger partial charge in [-0.3, -0.25) is 14.6 Å². The van der Waals surface area contributed by atoms with Crippen molar-refractivity contribution in [2.45, 2.75) is 32.9 Å². The third-order valence-corrected chi connectivity index (χ3v) is 6.69. The van der Waals surface area contributed by atoms with Crippen molar-refractivity contribution in [3.05, 3.63) is 53.9 Å². The molecular formula is C24H26N6O. The Labute approximate surface area is 180 Å². The molecule has 1 N–H and O–H groups in total. The van der Waals surface area contributed by atoms with Gasteiger partial charge in [0.15, 0.2) is 0 Å². The van der Waals surface area contributed by atoms with Crippen LogP contribution in [0.2, 0.25) is 0 Å². The number of hydrogen-bond donors (Lipinski definition) is 1. The molecule has 0 radical (unpaired) electrons. The largest absolute Gasteiger partial charge is 0.341 e. The number of amides is 1. The van der Waals surface area contributed by atoms with Crippen LogP contribution in [0.5, 0.6) is 0 Å². The van der Waals surface area contributed by atoms with E-state index >= 15 is 0 Å². The van der Waals surface area contributed by atoms with Crippen LogP contribution < -0.4 is 4.90 Å². The first-order valence-electron chi connectivity index (χ1n) is 11.1. The van der Waals surface area contributed by atoms with Crippen molar-refractivity contribution in [3.8, 4) is 0 Å². The number of fused-ring (bicyclic) bond motifs is 4. The number of anilines is 1. The van der Waals surface area contributed by atoms with Crippen LogP contribution in [0.15, 0.2) is 42.5 Å². The summed E-state index contributed by atoms with van der Waals surface area (Å²) in [7, 11) is 0. The number of aryl methyl sites for hydroxylation is 1. The SMILES string of the molecule is Cc1ccc2nc(CN3CCC(C(=O)N4CCn5c4nc4ccccc45)CC3)[nH]c2c1. The van der Waals surface area contributed by atoms with Crippen molar-refractivity contribution in [2.75, 3.05) is 24.5 Å². The molecule has 1 saturated heterocycles. The number of aromatic amines is 1. The van der Waals surface area contributed by atoms with Gasteiger partial charge in [-0.2, -0.15) is 0 Å². The van der Waals surface area contributed by atoms with Crippen LogP contribution in [0, 0.1) is 12.8 Å². The van der Waals surface area contributed by atoms with E-state index in [1.54, 1.807) is 0 Å². The number of hydrogen-bond acceptors (Lipinski definition) is 4. The van der Waals surface area contributed by atoms with Crippen LogP contribution in [0.3, 0.4) is 0 Å². The molecule has 4 heterocycles. The molecule has 0 aliphatic carbocycles. The van der Waals surface area contributed by atoms with Crippen molar-refractivity contribution in [1.29, 1.82) is 0 Å². The van der Waals surface area contributed by atoms with Gasteiger partial charge in [-0.25, -0.2) is 9.97 Å². The predicted molar refractivity (Wildman–Crippen MR) is 121 cm³/mol. The van der Waals surface area contributed by atoms with Crippen molar-refractivity contribution >= 4 is 33.9 Å². The van der Waals surface area contributed by atoms with E-state index in [1.165, 1.54) is 5.56 Å². The van der Waals surface area contributed by atoms with Crippen molar-refractivity contribution in [1.82, 2.24) is 24.4 Å². The lowest BCUT2D eigenvalue weighted by molar-refractivity contribution is -0.123. The Morgan fingerprint density at radius 3 is 2.74 bits per heavy atom. The van der Waals surface area contributed by atoms with Gasteiger partial charge >= 0.3 is 0 Å². The van der Waals surface area contributed by atoms with Crippen LogP contribution in [-0.4, -0.2) is 50.0 Å². The zero-order valence-corrected chi connectivity index (χ0v) is 17.7. The van der Waals surface area contributed by atoms with E-state index in [2.05, 4.69) is 45.6 Å². The first-order chi connectivity index (χ1) is 15.2. The highest BCUT2D eigenvalue weighted by molar-refractivity contribution is 5.96. The molecule has 7 heteroatoms. The Morgan fingerprint density at radius 2 is 1.87 bits per heavy atom. The van der Waals surface area contributed by atoms with Crippen LogP contribution >= 0.6 is 0 Å². The first-order valence-corrected chi connectivity index (χ1v) is 11.1. The molecule has 0 spiro atoms. The lowest BCUT2D eigenvalue weighted by Gasteiger charge is -2.32. The maximum atomic E-state index is 13.3. The summed E-state index contributed by atoms with van der Waals surface area (Å²) >= 11 is 0. The zero-order valence-electron chi connectivity index (χ0n) is 17.7. The molecule has 0 saturated carbocycles. The number of nitrogens with one attached hydrogen (secondary N) is 1. The smallest absolute Gasteiger partial charge is 0.232 e. The number of aromatic nitrogens is 4. The summed E-state index contributed by atoms with van der Waals surface area (Å²) in [4.78, 5) is 30.5. The summed E-state index contributed by atoms with van der Waals surface area (Å²) in [5.41, 5.74) is 5.42. The standard InChI is InChI=1S/C24H26N6O/c1-16-6-7-18-20(14-16)26-22(25-18)15-28-10-8-17(9-11-28)23(31)30-13-12-29-21-5-3-2-4-19(21)27-24(29)30/h2-7,14,17H,8-13,15H2,1H3,(H,25,26). The summed E-state index contributed by atoms with van der Waals surface area (Å²) in [6.45, 7) is 6.27. The summed E-state index contributed by atoms with van der Waals surface area (Å²) in [6.07, 6.45) is 1.77. The molecule has 6 rings (SSSR count). The molecular weight excluding hydrogens is 388 g/mol. The van der Waals surface area contributed by atoms with Crippen molar-refractivity contribution in [2.24, 2.45) is 5.92 Å². The minimum atomic E-state index is 0.0703. The molecule has 0 bridgehead atoms. The molecule has 2 aromatic heterocycles. The molecule has 1 fully saturated rings. The van der Waals surface area contributed by atoms with Crippen LogP contribution in [0.1, 0.15) is 24.2 Å². The fraction of sp³-hybridized carbons (Fsp3) is 0.375. The maximum absolute atomic E-state index is 13.3. The number of benzene rings is 2. The molecule has 4 aromatic rings. The van der Waals surface area contributed by atoms with Gasteiger partial charge in [0.2, 0.25) is 11.9 Å². The van der Waals surface area contributed by atoms with Gasteiger partial charge in [-0.15, -0.1) is 0 Å². The van der Waals surface area contributed by atoms with E-state index < -0.39 is 0 Å². The molecule has 1 amide bonds. The van der Waals surface area contributed by atoms with Gasteiger partial charge in [0.1, 0.15) is 5.82 Å². The molecule has 2 aliphatic heterocycles. The molecule has 2 aliphatic rings. The summed E-state index contributed by atoms with van der Waals surface area (Å²) in [5.74, 6) is 2.11. The molecule has 7 nitrogen and oxygen atoms in total. The van der Waals surface area contributed by atoms with Gasteiger partial charge in [0, 0.05) is 19.0 Å². The fourth-order valence-electron chi connectivity index (χ4n) is 5.02. The lowest BCUT2D eigenvalue weighted by atomic mass is 9.95. The van der Waals surface area contributed by atoms with E-state index in [-0.39, 0.29) is 11.8 Å². The number of para-hydroxylation sites is 2. The number of carbonyl (C=O) groups excluding carboxylic acids is 1. The van der Waals surface area contributed by atoms with E-state index in [9.17, 15) is 4.79 Å².